The average Bonchev–Trinajstić information content (AvgIpc) is 3.27. The molecule has 0 N–H and O–H groups in total. The number of imide groups is 1. The van der Waals surface area contributed by atoms with Gasteiger partial charge in [-0.25, -0.2) is 5.01 Å². The van der Waals surface area contributed by atoms with Gasteiger partial charge < -0.3 is 0 Å². The van der Waals surface area contributed by atoms with Gasteiger partial charge in [0, 0.05) is 28.0 Å². The molecular formula is C34H25ClN2O4. The van der Waals surface area contributed by atoms with Gasteiger partial charge in [-0.15, -0.1) is 0 Å². The standard InChI is InChI=1S/C34H25ClN2O4/c1-19(31(38)20-9-3-2-4-10-20)36(32(39)21-15-17-22(35)18-16-21)37-33(40)29-27-23-11-5-6-12-24(23)28(30(29)34(37)41)26-14-8-7-13-25(26)27/h2-19,27-30H,1H3/t19-,27?,28?,29-,30+/m1/s1. The molecule has 4 aromatic carbocycles. The second kappa shape index (κ2) is 9.53. The highest BCUT2D eigenvalue weighted by molar-refractivity contribution is 6.30. The third kappa shape index (κ3) is 3.71. The van der Waals surface area contributed by atoms with Crippen molar-refractivity contribution in [2.24, 2.45) is 11.8 Å². The number of halogens is 1. The predicted octanol–water partition coefficient (Wildman–Crippen LogP) is 5.86. The first kappa shape index (κ1) is 25.4. The Hall–Kier alpha value is -4.55. The fraction of sp³-hybridized carbons (Fsp3) is 0.176. The maximum atomic E-state index is 14.4. The molecule has 3 amide bonds. The van der Waals surface area contributed by atoms with Gasteiger partial charge in [-0.1, -0.05) is 90.5 Å². The van der Waals surface area contributed by atoms with Crippen LogP contribution in [0, 0.1) is 11.8 Å². The number of hydrogen-bond donors (Lipinski definition) is 0. The highest BCUT2D eigenvalue weighted by atomic mass is 35.5. The summed E-state index contributed by atoms with van der Waals surface area (Å²) in [4.78, 5) is 56.7. The largest absolute Gasteiger partial charge is 0.292 e. The minimum atomic E-state index is -1.13. The van der Waals surface area contributed by atoms with E-state index in [1.165, 1.54) is 12.1 Å². The number of rotatable bonds is 5. The normalized spacial score (nSPS) is 22.5. The summed E-state index contributed by atoms with van der Waals surface area (Å²) in [5.74, 6) is -3.95. The molecule has 8 rings (SSSR count). The average molecular weight is 561 g/mol. The summed E-state index contributed by atoms with van der Waals surface area (Å²) in [6, 6.07) is 29.6. The quantitative estimate of drug-likeness (QED) is 0.226. The highest BCUT2D eigenvalue weighted by Gasteiger charge is 2.63. The lowest BCUT2D eigenvalue weighted by Gasteiger charge is -2.45. The molecule has 1 heterocycles. The van der Waals surface area contributed by atoms with E-state index in [1.807, 2.05) is 48.5 Å². The Bertz CT molecular complexity index is 1620. The Morgan fingerprint density at radius 3 is 1.56 bits per heavy atom. The SMILES string of the molecule is C[C@H](C(=O)c1ccccc1)N(C(=O)c1ccc(Cl)cc1)N1C(=O)[C@@H]2C3c4ccccc4C(c4ccccc43)[C@@H]2C1=O. The number of carbonyl (C=O) groups excluding carboxylic acids is 4. The van der Waals surface area contributed by atoms with Crippen molar-refractivity contribution in [3.8, 4) is 0 Å². The molecule has 1 saturated heterocycles. The molecule has 7 heteroatoms. The molecular weight excluding hydrogens is 536 g/mol. The zero-order valence-electron chi connectivity index (χ0n) is 22.1. The van der Waals surface area contributed by atoms with Crippen molar-refractivity contribution in [3.05, 3.63) is 142 Å². The summed E-state index contributed by atoms with van der Waals surface area (Å²) < 4.78 is 0. The predicted molar refractivity (Wildman–Crippen MR) is 153 cm³/mol. The fourth-order valence-corrected chi connectivity index (χ4v) is 7.12. The molecule has 2 bridgehead atoms. The van der Waals surface area contributed by atoms with Gasteiger partial charge in [0.1, 0.15) is 6.04 Å². The van der Waals surface area contributed by atoms with E-state index >= 15 is 0 Å². The molecule has 0 radical (unpaired) electrons. The highest BCUT2D eigenvalue weighted by Crippen LogP contribution is 2.61. The van der Waals surface area contributed by atoms with Gasteiger partial charge in [-0.05, 0) is 53.4 Å². The molecule has 4 aromatic rings. The van der Waals surface area contributed by atoms with Crippen molar-refractivity contribution >= 4 is 35.1 Å². The summed E-state index contributed by atoms with van der Waals surface area (Å²) in [7, 11) is 0. The van der Waals surface area contributed by atoms with E-state index in [1.54, 1.807) is 49.4 Å². The van der Waals surface area contributed by atoms with Gasteiger partial charge in [-0.2, -0.15) is 5.01 Å². The summed E-state index contributed by atoms with van der Waals surface area (Å²) in [5.41, 5.74) is 4.72. The Morgan fingerprint density at radius 2 is 1.10 bits per heavy atom. The van der Waals surface area contributed by atoms with E-state index in [9.17, 15) is 19.2 Å². The van der Waals surface area contributed by atoms with Gasteiger partial charge in [0.2, 0.25) is 0 Å². The van der Waals surface area contributed by atoms with Crippen LogP contribution >= 0.6 is 11.6 Å². The van der Waals surface area contributed by atoms with Crippen molar-refractivity contribution in [1.29, 1.82) is 0 Å². The molecule has 0 saturated carbocycles. The molecule has 202 valence electrons. The monoisotopic (exact) mass is 560 g/mol. The van der Waals surface area contributed by atoms with E-state index in [0.717, 1.165) is 32.3 Å². The van der Waals surface area contributed by atoms with Crippen molar-refractivity contribution in [2.45, 2.75) is 24.8 Å². The first-order valence-electron chi connectivity index (χ1n) is 13.6. The van der Waals surface area contributed by atoms with Crippen molar-refractivity contribution in [2.75, 3.05) is 0 Å². The van der Waals surface area contributed by atoms with Crippen LogP contribution in [-0.4, -0.2) is 39.6 Å². The molecule has 3 atom stereocenters. The second-order valence-electron chi connectivity index (χ2n) is 10.8. The molecule has 0 aromatic heterocycles. The Balaban J connectivity index is 1.36. The van der Waals surface area contributed by atoms with E-state index in [0.29, 0.717) is 10.6 Å². The van der Waals surface area contributed by atoms with Gasteiger partial charge in [0.15, 0.2) is 5.78 Å². The smallest absolute Gasteiger partial charge is 0.273 e. The number of nitrogens with zero attached hydrogens (tertiary/aromatic N) is 2. The van der Waals surface area contributed by atoms with Crippen molar-refractivity contribution in [3.63, 3.8) is 0 Å². The molecule has 41 heavy (non-hydrogen) atoms. The maximum Gasteiger partial charge on any atom is 0.273 e. The molecule has 1 aliphatic heterocycles. The fourth-order valence-electron chi connectivity index (χ4n) is 6.99. The Kier molecular flexibility index (Phi) is 5.91. The molecule has 0 unspecified atom stereocenters. The van der Waals surface area contributed by atoms with E-state index in [2.05, 4.69) is 0 Å². The third-order valence-electron chi connectivity index (χ3n) is 8.74. The van der Waals surface area contributed by atoms with Crippen LogP contribution in [0.15, 0.2) is 103 Å². The second-order valence-corrected chi connectivity index (χ2v) is 11.3. The maximum absolute atomic E-state index is 14.4. The molecule has 6 nitrogen and oxygen atoms in total. The van der Waals surface area contributed by atoms with Gasteiger partial charge in [0.25, 0.3) is 17.7 Å². The first-order chi connectivity index (χ1) is 19.9. The molecule has 0 spiro atoms. The Labute approximate surface area is 242 Å². The third-order valence-corrected chi connectivity index (χ3v) is 9.00. The van der Waals surface area contributed by atoms with E-state index in [4.69, 9.17) is 11.6 Å². The van der Waals surface area contributed by atoms with Gasteiger partial charge >= 0.3 is 0 Å². The lowest BCUT2D eigenvalue weighted by molar-refractivity contribution is -0.156. The minimum absolute atomic E-state index is 0.215. The lowest BCUT2D eigenvalue weighted by atomic mass is 9.55. The number of benzene rings is 4. The summed E-state index contributed by atoms with van der Waals surface area (Å²) in [6.07, 6.45) is 0. The topological polar surface area (TPSA) is 74.8 Å². The van der Waals surface area contributed by atoms with Crippen molar-refractivity contribution in [1.82, 2.24) is 10.0 Å². The minimum Gasteiger partial charge on any atom is -0.292 e. The van der Waals surface area contributed by atoms with Crippen LogP contribution < -0.4 is 0 Å². The first-order valence-corrected chi connectivity index (χ1v) is 14.0. The summed E-state index contributed by atoms with van der Waals surface area (Å²) in [5, 5.41) is 2.47. The Morgan fingerprint density at radius 1 is 0.659 bits per heavy atom. The van der Waals surface area contributed by atoms with Crippen molar-refractivity contribution < 1.29 is 19.2 Å². The molecule has 3 aliphatic carbocycles. The van der Waals surface area contributed by atoms with Crippen LogP contribution in [0.25, 0.3) is 0 Å². The van der Waals surface area contributed by atoms with Gasteiger partial charge in [-0.3, -0.25) is 19.2 Å². The van der Waals surface area contributed by atoms with Crippen LogP contribution in [0.4, 0.5) is 0 Å². The zero-order valence-corrected chi connectivity index (χ0v) is 22.9. The number of Topliss-reactive ketones (excluding diaryl/α,β-unsaturated/α-hetero) is 1. The van der Waals surface area contributed by atoms with Gasteiger partial charge in [0.05, 0.1) is 11.8 Å². The molecule has 1 fully saturated rings. The summed E-state index contributed by atoms with van der Waals surface area (Å²) in [6.45, 7) is 1.56. The zero-order chi connectivity index (χ0) is 28.4. The number of ketones is 1. The van der Waals surface area contributed by atoms with Crippen LogP contribution in [0.3, 0.4) is 0 Å². The van der Waals surface area contributed by atoms with E-state index in [-0.39, 0.29) is 23.2 Å². The molecule has 4 aliphatic rings. The van der Waals surface area contributed by atoms with Crippen LogP contribution in [0.1, 0.15) is 61.7 Å². The number of hydrazine groups is 1. The van der Waals surface area contributed by atoms with Crippen LogP contribution in [-0.2, 0) is 9.59 Å². The van der Waals surface area contributed by atoms with Crippen LogP contribution in [0.2, 0.25) is 5.02 Å². The summed E-state index contributed by atoms with van der Waals surface area (Å²) >= 11 is 6.07. The number of carbonyl (C=O) groups is 4. The number of amides is 3. The lowest BCUT2D eigenvalue weighted by Crippen LogP contribution is -2.56. The number of hydrogen-bond acceptors (Lipinski definition) is 4. The van der Waals surface area contributed by atoms with Crippen LogP contribution in [0.5, 0.6) is 0 Å². The van der Waals surface area contributed by atoms with E-state index < -0.39 is 35.6 Å².